The third-order valence-electron chi connectivity index (χ3n) is 17.0. The molecule has 0 bridgehead atoms. The fourth-order valence-corrected chi connectivity index (χ4v) is 22.9. The van der Waals surface area contributed by atoms with E-state index in [0.29, 0.717) is 139 Å². The third kappa shape index (κ3) is 41.5. The molecule has 1 unspecified atom stereocenters. The number of anilines is 4. The van der Waals surface area contributed by atoms with Crippen molar-refractivity contribution < 1.29 is 79.5 Å². The van der Waals surface area contributed by atoms with Gasteiger partial charge in [0.1, 0.15) is 42.8 Å². The number of ether oxygens (including phenoxy) is 6. The number of terminal acetylenes is 1. The quantitative estimate of drug-likeness (QED) is 0.0177. The van der Waals surface area contributed by atoms with Gasteiger partial charge in [0.2, 0.25) is 0 Å². The number of benzene rings is 6. The van der Waals surface area contributed by atoms with Crippen molar-refractivity contribution in [2.75, 3.05) is 124 Å². The van der Waals surface area contributed by atoms with E-state index >= 15 is 0 Å². The Morgan fingerprint density at radius 3 is 1.11 bits per heavy atom. The summed E-state index contributed by atoms with van der Waals surface area (Å²) in [6.45, 7) is 37.9. The molecule has 0 aliphatic carbocycles. The topological polar surface area (TPSA) is 139 Å². The summed E-state index contributed by atoms with van der Waals surface area (Å²) in [5.74, 6) is 9.61. The first kappa shape index (κ1) is 109. The normalized spacial score (nSPS) is 13.0. The molecule has 112 heavy (non-hydrogen) atoms. The Kier molecular flexibility index (Phi) is 60.1. The van der Waals surface area contributed by atoms with E-state index in [0.717, 1.165) is 45.2 Å². The summed E-state index contributed by atoms with van der Waals surface area (Å²) in [6.07, 6.45) is 5.72. The van der Waals surface area contributed by atoms with Crippen molar-refractivity contribution in [2.24, 2.45) is 0 Å². The summed E-state index contributed by atoms with van der Waals surface area (Å²) >= 11 is 20.1. The molecular formula is C82H105Br3Cl4F8N6O6PdSi2. The van der Waals surface area contributed by atoms with Crippen molar-refractivity contribution in [2.45, 2.75) is 130 Å². The Hall–Kier alpha value is -5.37. The summed E-state index contributed by atoms with van der Waals surface area (Å²) in [6, 6.07) is 33.4. The molecule has 3 aliphatic heterocycles. The van der Waals surface area contributed by atoms with Gasteiger partial charge in [0.25, 0.3) is 0 Å². The minimum absolute atomic E-state index is 0. The minimum atomic E-state index is -2.85. The van der Waals surface area contributed by atoms with Crippen LogP contribution in [0.1, 0.15) is 99.8 Å². The second-order valence-corrected chi connectivity index (χ2v) is 42.5. The molecule has 0 spiro atoms. The van der Waals surface area contributed by atoms with Gasteiger partial charge in [-0.1, -0.05) is 135 Å². The van der Waals surface area contributed by atoms with Crippen molar-refractivity contribution in [3.8, 4) is 59.4 Å². The summed E-state index contributed by atoms with van der Waals surface area (Å²) in [5, 5.41) is 13.8. The first-order valence-electron chi connectivity index (χ1n) is 35.1. The molecule has 0 amide bonds. The molecule has 30 heteroatoms. The Morgan fingerprint density at radius 2 is 0.804 bits per heavy atom. The summed E-state index contributed by atoms with van der Waals surface area (Å²) < 4.78 is 133. The number of nitrogens with two attached hydrogens (primary N) is 1. The van der Waals surface area contributed by atoms with Crippen molar-refractivity contribution in [1.29, 1.82) is 10.5 Å². The van der Waals surface area contributed by atoms with E-state index in [1.807, 2.05) is 20.8 Å². The molecule has 622 valence electrons. The van der Waals surface area contributed by atoms with E-state index in [9.17, 15) is 35.1 Å². The van der Waals surface area contributed by atoms with Gasteiger partial charge in [-0.25, -0.2) is 22.8 Å². The van der Waals surface area contributed by atoms with E-state index < -0.39 is 29.4 Å². The van der Waals surface area contributed by atoms with Crippen LogP contribution in [0, 0.1) is 96.1 Å². The zero-order valence-electron chi connectivity index (χ0n) is 65.6. The number of halogens is 15. The van der Waals surface area contributed by atoms with Gasteiger partial charge >= 0.3 is 48.2 Å². The van der Waals surface area contributed by atoms with Gasteiger partial charge in [0.05, 0.1) is 94.1 Å². The summed E-state index contributed by atoms with van der Waals surface area (Å²) in [5.41, 5.74) is 19.7. The van der Waals surface area contributed by atoms with E-state index in [1.54, 1.807) is 66.7 Å². The van der Waals surface area contributed by atoms with Crippen LogP contribution in [0.2, 0.25) is 33.2 Å². The van der Waals surface area contributed by atoms with Crippen LogP contribution in [-0.4, -0.2) is 133 Å². The van der Waals surface area contributed by atoms with Gasteiger partial charge in [-0.3, -0.25) is 0 Å². The monoisotopic (exact) mass is 1960 g/mol. The Balaban J connectivity index is 0. The molecule has 6 aromatic carbocycles. The number of nitrogens with zero attached hydrogens (tertiary/aromatic N) is 5. The van der Waals surface area contributed by atoms with Gasteiger partial charge in [0, 0.05) is 94.6 Å². The SMILES string of the molecule is C#C[Si](C(C)C)(C(C)C)C(C)C.C#N.CC#N.ClCCOCCCl.FC(F)Oc1ccc(Br)cc1.Fc1ccc(Br)cc1N1CCOCC1.Fc1ccc(C#Cc2ccc(OC(F)F)cc2)cc1N1CCOCC1.Nc1cc(Br)ccc1F.[CH2+]C(C)[Si](C#Cc1ccc(F)c(N2CCOCC2)c1)(C(C)C)C(C)C.[CH3-].[Cl][Pd][Cl]. The molecule has 3 aliphatic rings. The molecule has 3 heterocycles. The number of nitriles is 2. The van der Waals surface area contributed by atoms with Crippen LogP contribution in [-0.2, 0) is 34.9 Å². The van der Waals surface area contributed by atoms with Crippen molar-refractivity contribution in [1.82, 2.24) is 0 Å². The number of morpholine rings is 3. The first-order valence-corrected chi connectivity index (χ1v) is 47.0. The number of hydrogen-bond donors (Lipinski definition) is 1. The Labute approximate surface area is 715 Å². The van der Waals surface area contributed by atoms with Crippen LogP contribution in [0.5, 0.6) is 11.5 Å². The molecule has 0 radical (unpaired) electrons. The van der Waals surface area contributed by atoms with Gasteiger partial charge in [0.15, 0.2) is 8.07 Å². The predicted octanol–water partition coefficient (Wildman–Crippen LogP) is 24.2. The summed E-state index contributed by atoms with van der Waals surface area (Å²) in [7, 11) is 6.27. The third-order valence-corrected chi connectivity index (χ3v) is 31.1. The Bertz CT molecular complexity index is 3760. The average molecular weight is 1970 g/mol. The van der Waals surface area contributed by atoms with Crippen LogP contribution in [0.15, 0.2) is 135 Å². The Morgan fingerprint density at radius 1 is 0.509 bits per heavy atom. The number of nitrogen functional groups attached to an aromatic ring is 1. The molecular weight excluding hydrogens is 1860 g/mol. The van der Waals surface area contributed by atoms with Crippen LogP contribution in [0.25, 0.3) is 0 Å². The molecule has 2 N–H and O–H groups in total. The zero-order valence-corrected chi connectivity index (χ0v) is 76.9. The predicted molar refractivity (Wildman–Crippen MR) is 460 cm³/mol. The maximum absolute atomic E-state index is 14.3. The molecule has 6 aromatic rings. The van der Waals surface area contributed by atoms with Crippen LogP contribution >= 0.6 is 90.0 Å². The van der Waals surface area contributed by atoms with Gasteiger partial charge in [-0.2, -0.15) is 22.8 Å². The second-order valence-electron chi connectivity index (χ2n) is 25.6. The van der Waals surface area contributed by atoms with E-state index in [1.165, 1.54) is 61.5 Å². The molecule has 12 nitrogen and oxygen atoms in total. The number of alkyl halides is 6. The standard InChI is InChI=1S/C21H31FNOSi.C19H16F3NO2.C11H22Si.C10H11BrFNO.C7H5BrF2O.C6H5BrFN.C4H8Cl2O.C2H3N.CHN.CH3.2ClH.Pd/c1-16(2)25(17(3)4,18(5)6)14-9-19-7-8-20(22)21(15-19)23-10-12-24-13-11-23;20-17-8-5-15(13-18(17)23-9-11-24-12-10-23)2-1-14-3-6-16(7-4-14)25-19(21)22;1-8-12(9(2)3,10(4)5)11(6)7;11-8-1-2-9(12)10(7-8)13-3-5-14-6-4-13;8-5-1-3-6(4-2-5)11-7(9)10;7-4-1-2-5(8)6(9)3-4;5-1-3-7-4-2-6;1-2-3;1-2;;;;/h7-8,15-18H,1,10-13H2,2-6H3;3-8,13,19H,9-12H2;1,9-11H,2-7H3;1-2,7H,3-6H2;1-4,7H;1-3H,9H2;1-4H2;1H3;1H;1H3;2*1H;/q+1;;;;;;;;;-1;;;+2/p-2. The molecule has 0 aromatic heterocycles. The van der Waals surface area contributed by atoms with E-state index in [4.69, 9.17) is 83.9 Å². The van der Waals surface area contributed by atoms with Crippen molar-refractivity contribution >= 4 is 129 Å². The molecule has 0 saturated carbocycles. The fraction of sp³-hybridized carbons (Fsp3) is 0.439. The fourth-order valence-electron chi connectivity index (χ4n) is 11.9. The van der Waals surface area contributed by atoms with Gasteiger partial charge in [-0.15, -0.1) is 40.7 Å². The molecule has 1 atom stereocenters. The van der Waals surface area contributed by atoms with Crippen molar-refractivity contribution in [3.63, 3.8) is 0 Å². The molecule has 9 rings (SSSR count). The maximum atomic E-state index is 14.3. The molecule has 3 fully saturated rings. The number of rotatable bonds is 17. The van der Waals surface area contributed by atoms with Crippen LogP contribution in [0.4, 0.5) is 57.9 Å². The summed E-state index contributed by atoms with van der Waals surface area (Å²) in [4.78, 5) is 5.98. The van der Waals surface area contributed by atoms with Gasteiger partial charge < -0.3 is 56.3 Å². The molecule has 3 saturated heterocycles. The average Bonchev–Trinajstić information content (AvgIpc) is 0.812. The first-order chi connectivity index (χ1) is 52.7. The van der Waals surface area contributed by atoms with Crippen LogP contribution in [0.3, 0.4) is 0 Å². The van der Waals surface area contributed by atoms with E-state index in [-0.39, 0.29) is 63.8 Å². The number of hydrogen-bond acceptors (Lipinski definition) is 12. The zero-order chi connectivity index (χ0) is 84.2. The second kappa shape index (κ2) is 61.9. The van der Waals surface area contributed by atoms with E-state index in [2.05, 4.69) is 176 Å². The van der Waals surface area contributed by atoms with Crippen LogP contribution < -0.4 is 29.9 Å². The van der Waals surface area contributed by atoms with Crippen molar-refractivity contribution in [3.05, 3.63) is 189 Å². The van der Waals surface area contributed by atoms with Gasteiger partial charge in [-0.05, 0) is 156 Å².